The van der Waals surface area contributed by atoms with Crippen LogP contribution in [0.5, 0.6) is 0 Å². The van der Waals surface area contributed by atoms with Crippen molar-refractivity contribution in [1.29, 1.82) is 0 Å². The standard InChI is InChI=1S/C19H26N2O/c1-20-14-16-21(2)15-13-19(22,17-9-5-3-6-10-17)18-11-7-4-8-12-18/h3-12,20,22H,13-16H2,1-2H3. The van der Waals surface area contributed by atoms with Crippen molar-refractivity contribution in [3.05, 3.63) is 71.8 Å². The van der Waals surface area contributed by atoms with E-state index < -0.39 is 5.60 Å². The highest BCUT2D eigenvalue weighted by atomic mass is 16.3. The van der Waals surface area contributed by atoms with E-state index in [0.717, 1.165) is 30.8 Å². The first kappa shape index (κ1) is 16.7. The maximum Gasteiger partial charge on any atom is 0.116 e. The van der Waals surface area contributed by atoms with Gasteiger partial charge in [-0.2, -0.15) is 0 Å². The van der Waals surface area contributed by atoms with Gasteiger partial charge in [-0.3, -0.25) is 0 Å². The smallest absolute Gasteiger partial charge is 0.116 e. The van der Waals surface area contributed by atoms with Crippen molar-refractivity contribution in [2.45, 2.75) is 12.0 Å². The van der Waals surface area contributed by atoms with Gasteiger partial charge >= 0.3 is 0 Å². The number of rotatable bonds is 8. The number of aliphatic hydroxyl groups is 1. The summed E-state index contributed by atoms with van der Waals surface area (Å²) in [6.07, 6.45) is 0.668. The fourth-order valence-electron chi connectivity index (χ4n) is 2.65. The number of hydrogen-bond acceptors (Lipinski definition) is 3. The largest absolute Gasteiger partial charge is 0.380 e. The average molecular weight is 298 g/mol. The Labute approximate surface area is 133 Å². The van der Waals surface area contributed by atoms with Gasteiger partial charge in [0.1, 0.15) is 5.60 Å². The highest BCUT2D eigenvalue weighted by Gasteiger charge is 2.31. The molecule has 0 aliphatic heterocycles. The lowest BCUT2D eigenvalue weighted by Gasteiger charge is -2.31. The van der Waals surface area contributed by atoms with E-state index in [9.17, 15) is 5.11 Å². The molecule has 0 aromatic heterocycles. The van der Waals surface area contributed by atoms with Gasteiger partial charge in [-0.15, -0.1) is 0 Å². The summed E-state index contributed by atoms with van der Waals surface area (Å²) in [5.74, 6) is 0. The van der Waals surface area contributed by atoms with Gasteiger partial charge in [0.15, 0.2) is 0 Å². The molecule has 0 unspecified atom stereocenters. The van der Waals surface area contributed by atoms with Gasteiger partial charge in [-0.05, 0) is 31.6 Å². The van der Waals surface area contributed by atoms with Crippen LogP contribution in [0.4, 0.5) is 0 Å². The molecule has 2 rings (SSSR count). The molecule has 0 saturated carbocycles. The molecule has 2 aromatic carbocycles. The molecule has 0 radical (unpaired) electrons. The minimum absolute atomic E-state index is 0.668. The van der Waals surface area contributed by atoms with Crippen LogP contribution in [0.2, 0.25) is 0 Å². The monoisotopic (exact) mass is 298 g/mol. The zero-order chi connectivity index (χ0) is 15.8. The summed E-state index contributed by atoms with van der Waals surface area (Å²) in [6.45, 7) is 2.75. The van der Waals surface area contributed by atoms with E-state index in [2.05, 4.69) is 17.3 Å². The Balaban J connectivity index is 2.20. The summed E-state index contributed by atoms with van der Waals surface area (Å²) in [4.78, 5) is 2.24. The first-order valence-electron chi connectivity index (χ1n) is 7.83. The van der Waals surface area contributed by atoms with Crippen LogP contribution in [0.3, 0.4) is 0 Å². The van der Waals surface area contributed by atoms with Gasteiger partial charge in [0.25, 0.3) is 0 Å². The molecular formula is C19H26N2O. The van der Waals surface area contributed by atoms with Crippen molar-refractivity contribution in [2.24, 2.45) is 0 Å². The van der Waals surface area contributed by atoms with Crippen molar-refractivity contribution in [3.8, 4) is 0 Å². The lowest BCUT2D eigenvalue weighted by molar-refractivity contribution is 0.0606. The summed E-state index contributed by atoms with van der Waals surface area (Å²) in [6, 6.07) is 19.9. The van der Waals surface area contributed by atoms with Crippen LogP contribution in [0, 0.1) is 0 Å². The van der Waals surface area contributed by atoms with Gasteiger partial charge in [-0.1, -0.05) is 60.7 Å². The zero-order valence-electron chi connectivity index (χ0n) is 13.5. The maximum absolute atomic E-state index is 11.4. The quantitative estimate of drug-likeness (QED) is 0.786. The summed E-state index contributed by atoms with van der Waals surface area (Å²) in [5, 5.41) is 14.5. The second kappa shape index (κ2) is 8.08. The van der Waals surface area contributed by atoms with Crippen molar-refractivity contribution < 1.29 is 5.11 Å². The molecule has 0 aliphatic rings. The molecular weight excluding hydrogens is 272 g/mol. The Bertz CT molecular complexity index is 502. The predicted octanol–water partition coefficient (Wildman–Crippen LogP) is 2.46. The molecule has 0 amide bonds. The van der Waals surface area contributed by atoms with Crippen molar-refractivity contribution in [1.82, 2.24) is 10.2 Å². The van der Waals surface area contributed by atoms with Crippen LogP contribution in [0.25, 0.3) is 0 Å². The third-order valence-corrected chi connectivity index (χ3v) is 4.10. The topological polar surface area (TPSA) is 35.5 Å². The molecule has 3 nitrogen and oxygen atoms in total. The lowest BCUT2D eigenvalue weighted by Crippen LogP contribution is -2.35. The number of nitrogens with one attached hydrogen (secondary N) is 1. The second-order valence-electron chi connectivity index (χ2n) is 5.75. The minimum Gasteiger partial charge on any atom is -0.380 e. The normalized spacial score (nSPS) is 11.8. The van der Waals surface area contributed by atoms with E-state index in [0.29, 0.717) is 6.42 Å². The Hall–Kier alpha value is -1.68. The van der Waals surface area contributed by atoms with Gasteiger partial charge in [0.05, 0.1) is 0 Å². The molecule has 2 N–H and O–H groups in total. The Morgan fingerprint density at radius 3 is 1.86 bits per heavy atom. The molecule has 0 spiro atoms. The number of hydrogen-bond donors (Lipinski definition) is 2. The molecule has 0 bridgehead atoms. The summed E-state index contributed by atoms with van der Waals surface area (Å²) < 4.78 is 0. The molecule has 0 aliphatic carbocycles. The first-order valence-corrected chi connectivity index (χ1v) is 7.83. The van der Waals surface area contributed by atoms with Crippen LogP contribution in [-0.4, -0.2) is 43.7 Å². The number of nitrogens with zero attached hydrogens (tertiary/aromatic N) is 1. The Kier molecular flexibility index (Phi) is 6.13. The van der Waals surface area contributed by atoms with Crippen LogP contribution in [0.1, 0.15) is 17.5 Å². The van der Waals surface area contributed by atoms with Crippen LogP contribution < -0.4 is 5.32 Å². The summed E-state index contributed by atoms with van der Waals surface area (Å²) in [7, 11) is 4.05. The molecule has 22 heavy (non-hydrogen) atoms. The van der Waals surface area contributed by atoms with Crippen molar-refractivity contribution in [2.75, 3.05) is 33.7 Å². The van der Waals surface area contributed by atoms with Gasteiger partial charge in [0, 0.05) is 19.6 Å². The zero-order valence-corrected chi connectivity index (χ0v) is 13.5. The molecule has 3 heteroatoms. The molecule has 0 fully saturated rings. The van der Waals surface area contributed by atoms with E-state index in [1.165, 1.54) is 0 Å². The number of benzene rings is 2. The third kappa shape index (κ3) is 4.17. The van der Waals surface area contributed by atoms with E-state index >= 15 is 0 Å². The van der Waals surface area contributed by atoms with Crippen LogP contribution >= 0.6 is 0 Å². The first-order chi connectivity index (χ1) is 10.7. The molecule has 118 valence electrons. The Morgan fingerprint density at radius 1 is 0.909 bits per heavy atom. The predicted molar refractivity (Wildman–Crippen MR) is 91.9 cm³/mol. The summed E-state index contributed by atoms with van der Waals surface area (Å²) >= 11 is 0. The maximum atomic E-state index is 11.4. The second-order valence-corrected chi connectivity index (χ2v) is 5.75. The molecule has 0 atom stereocenters. The average Bonchev–Trinajstić information content (AvgIpc) is 2.59. The molecule has 0 heterocycles. The van der Waals surface area contributed by atoms with Gasteiger partial charge < -0.3 is 15.3 Å². The van der Waals surface area contributed by atoms with E-state index in [-0.39, 0.29) is 0 Å². The highest BCUT2D eigenvalue weighted by Crippen LogP contribution is 2.32. The van der Waals surface area contributed by atoms with Gasteiger partial charge in [0.2, 0.25) is 0 Å². The van der Waals surface area contributed by atoms with Gasteiger partial charge in [-0.25, -0.2) is 0 Å². The molecule has 0 saturated heterocycles. The fraction of sp³-hybridized carbons (Fsp3) is 0.368. The van der Waals surface area contributed by atoms with Crippen molar-refractivity contribution in [3.63, 3.8) is 0 Å². The van der Waals surface area contributed by atoms with E-state index in [1.54, 1.807) is 0 Å². The highest BCUT2D eigenvalue weighted by molar-refractivity contribution is 5.35. The van der Waals surface area contributed by atoms with Crippen molar-refractivity contribution >= 4 is 0 Å². The van der Waals surface area contributed by atoms with E-state index in [4.69, 9.17) is 0 Å². The van der Waals surface area contributed by atoms with Crippen LogP contribution in [-0.2, 0) is 5.60 Å². The SMILES string of the molecule is CNCCN(C)CCC(O)(c1ccccc1)c1ccccc1. The Morgan fingerprint density at radius 2 is 1.41 bits per heavy atom. The summed E-state index contributed by atoms with van der Waals surface area (Å²) in [5.41, 5.74) is 0.947. The molecule has 2 aromatic rings. The van der Waals surface area contributed by atoms with E-state index in [1.807, 2.05) is 67.7 Å². The minimum atomic E-state index is -0.948. The van der Waals surface area contributed by atoms with Crippen LogP contribution in [0.15, 0.2) is 60.7 Å². The third-order valence-electron chi connectivity index (χ3n) is 4.10. The number of likely N-dealkylation sites (N-methyl/N-ethyl adjacent to an activating group) is 2. The fourth-order valence-corrected chi connectivity index (χ4v) is 2.65. The lowest BCUT2D eigenvalue weighted by atomic mass is 9.83.